The topological polar surface area (TPSA) is 68.1 Å². The summed E-state index contributed by atoms with van der Waals surface area (Å²) in [7, 11) is 1.35. The number of nitrogens with zero attached hydrogens (tertiary/aromatic N) is 1. The van der Waals surface area contributed by atoms with Crippen LogP contribution in [-0.2, 0) is 9.63 Å². The third-order valence-corrected chi connectivity index (χ3v) is 3.39. The van der Waals surface area contributed by atoms with E-state index in [-0.39, 0.29) is 27.6 Å². The van der Waals surface area contributed by atoms with Crippen molar-refractivity contribution >= 4 is 23.3 Å². The second kappa shape index (κ2) is 7.27. The van der Waals surface area contributed by atoms with Crippen molar-refractivity contribution in [3.63, 3.8) is 0 Å². The number of hydrogen-bond acceptors (Lipinski definition) is 5. The molecule has 0 unspecified atom stereocenters. The highest BCUT2D eigenvalue weighted by molar-refractivity contribution is 6.34. The molecule has 2 aromatic carbocycles. The summed E-state index contributed by atoms with van der Waals surface area (Å²) in [5.74, 6) is -3.42. The van der Waals surface area contributed by atoms with Crippen molar-refractivity contribution in [2.75, 3.05) is 7.11 Å². The molecule has 0 aliphatic rings. The lowest BCUT2D eigenvalue weighted by Gasteiger charge is -2.12. The number of methoxy groups -OCH3 is 1. The van der Waals surface area contributed by atoms with Crippen LogP contribution in [0.4, 0.5) is 8.78 Å². The molecule has 0 aromatic heterocycles. The molecule has 0 bridgehead atoms. The van der Waals surface area contributed by atoms with Crippen LogP contribution < -0.4 is 4.74 Å². The molecule has 126 valence electrons. The highest BCUT2D eigenvalue weighted by Gasteiger charge is 2.22. The highest BCUT2D eigenvalue weighted by atomic mass is 35.5. The van der Waals surface area contributed by atoms with Crippen molar-refractivity contribution in [2.24, 2.45) is 5.16 Å². The number of halogens is 3. The lowest BCUT2D eigenvalue weighted by molar-refractivity contribution is -0.140. The highest BCUT2D eigenvalue weighted by Crippen LogP contribution is 2.37. The number of rotatable bonds is 4. The average Bonchev–Trinajstić information content (AvgIpc) is 2.55. The van der Waals surface area contributed by atoms with Crippen LogP contribution in [0.1, 0.15) is 18.1 Å². The van der Waals surface area contributed by atoms with Gasteiger partial charge in [-0.3, -0.25) is 0 Å². The van der Waals surface area contributed by atoms with Gasteiger partial charge in [0.05, 0.1) is 7.11 Å². The number of carbonyl (C=O) groups excluding carboxylic acids is 1. The van der Waals surface area contributed by atoms with Crippen LogP contribution in [0.5, 0.6) is 11.5 Å². The number of oxime groups is 1. The zero-order chi connectivity index (χ0) is 17.9. The molecular formula is C16H12ClF2NO4. The lowest BCUT2D eigenvalue weighted by atomic mass is 10.0. The lowest BCUT2D eigenvalue weighted by Crippen LogP contribution is -2.10. The first-order valence-electron chi connectivity index (χ1n) is 6.62. The maximum atomic E-state index is 14.1. The molecule has 0 saturated heterocycles. The monoisotopic (exact) mass is 355 g/mol. The minimum absolute atomic E-state index is 0.0634. The molecule has 0 aliphatic carbocycles. The third-order valence-electron chi connectivity index (χ3n) is 3.03. The Kier molecular flexibility index (Phi) is 5.35. The maximum Gasteiger partial charge on any atom is 0.332 e. The number of hydrogen-bond donors (Lipinski definition) is 1. The Bertz CT molecular complexity index is 824. The summed E-state index contributed by atoms with van der Waals surface area (Å²) >= 11 is 5.96. The number of phenols is 1. The summed E-state index contributed by atoms with van der Waals surface area (Å²) < 4.78 is 32.6. The Morgan fingerprint density at radius 1 is 1.21 bits per heavy atom. The summed E-state index contributed by atoms with van der Waals surface area (Å²) in [6.07, 6.45) is 0. The standard InChI is InChI=1S/C16H12ClF2NO4/c1-8(21)24-20-15(9-4-3-5-11(18)14(9)19)10-6-7-12(23-2)13(17)16(10)22/h3-7,22H,1-2H3/b20-15-. The Morgan fingerprint density at radius 3 is 2.54 bits per heavy atom. The van der Waals surface area contributed by atoms with E-state index in [0.29, 0.717) is 0 Å². The summed E-state index contributed by atoms with van der Waals surface area (Å²) in [4.78, 5) is 15.5. The Morgan fingerprint density at radius 2 is 1.92 bits per heavy atom. The fourth-order valence-electron chi connectivity index (χ4n) is 1.93. The van der Waals surface area contributed by atoms with Crippen molar-refractivity contribution in [3.05, 3.63) is 58.1 Å². The van der Waals surface area contributed by atoms with E-state index in [1.165, 1.54) is 31.4 Å². The SMILES string of the molecule is COc1ccc(/C(=N\OC(C)=O)c2cccc(F)c2F)c(O)c1Cl. The third kappa shape index (κ3) is 3.46. The second-order valence-electron chi connectivity index (χ2n) is 4.60. The quantitative estimate of drug-likeness (QED) is 0.516. The Hall–Kier alpha value is -2.67. The van der Waals surface area contributed by atoms with Crippen molar-refractivity contribution in [2.45, 2.75) is 6.92 Å². The van der Waals surface area contributed by atoms with Crippen LogP contribution in [0, 0.1) is 11.6 Å². The zero-order valence-corrected chi connectivity index (χ0v) is 13.4. The van der Waals surface area contributed by atoms with Gasteiger partial charge in [-0.05, 0) is 24.3 Å². The van der Waals surface area contributed by atoms with E-state index in [4.69, 9.17) is 16.3 Å². The van der Waals surface area contributed by atoms with Crippen molar-refractivity contribution in [1.82, 2.24) is 0 Å². The summed E-state index contributed by atoms with van der Waals surface area (Å²) in [6.45, 7) is 1.09. The van der Waals surface area contributed by atoms with Gasteiger partial charge in [0.2, 0.25) is 0 Å². The van der Waals surface area contributed by atoms with Crippen molar-refractivity contribution in [3.8, 4) is 11.5 Å². The van der Waals surface area contributed by atoms with Gasteiger partial charge >= 0.3 is 5.97 Å². The maximum absolute atomic E-state index is 14.1. The van der Waals surface area contributed by atoms with E-state index in [1.807, 2.05) is 0 Å². The molecule has 0 saturated carbocycles. The molecule has 0 atom stereocenters. The van der Waals surface area contributed by atoms with Gasteiger partial charge in [0, 0.05) is 18.1 Å². The van der Waals surface area contributed by atoms with E-state index in [1.54, 1.807) is 0 Å². The fourth-order valence-corrected chi connectivity index (χ4v) is 2.18. The molecule has 0 fully saturated rings. The van der Waals surface area contributed by atoms with Crippen LogP contribution in [0.15, 0.2) is 35.5 Å². The van der Waals surface area contributed by atoms with E-state index >= 15 is 0 Å². The molecular weight excluding hydrogens is 344 g/mol. The van der Waals surface area contributed by atoms with E-state index in [2.05, 4.69) is 9.99 Å². The largest absolute Gasteiger partial charge is 0.506 e. The van der Waals surface area contributed by atoms with Crippen LogP contribution in [-0.4, -0.2) is 23.9 Å². The number of benzene rings is 2. The van der Waals surface area contributed by atoms with Crippen LogP contribution >= 0.6 is 11.6 Å². The van der Waals surface area contributed by atoms with Gasteiger partial charge in [-0.25, -0.2) is 13.6 Å². The molecule has 0 amide bonds. The number of carbonyl (C=O) groups is 1. The van der Waals surface area contributed by atoms with Crippen LogP contribution in [0.3, 0.4) is 0 Å². The summed E-state index contributed by atoms with van der Waals surface area (Å²) in [5, 5.41) is 13.6. The molecule has 0 radical (unpaired) electrons. The van der Waals surface area contributed by atoms with Crippen LogP contribution in [0.25, 0.3) is 0 Å². The van der Waals surface area contributed by atoms with Crippen LogP contribution in [0.2, 0.25) is 5.02 Å². The number of aromatic hydroxyl groups is 1. The van der Waals surface area contributed by atoms with Gasteiger partial charge in [-0.1, -0.05) is 22.8 Å². The normalized spacial score (nSPS) is 11.3. The first-order valence-corrected chi connectivity index (χ1v) is 7.00. The van der Waals surface area contributed by atoms with Gasteiger partial charge in [-0.2, -0.15) is 0 Å². The second-order valence-corrected chi connectivity index (χ2v) is 4.98. The molecule has 5 nitrogen and oxygen atoms in total. The molecule has 24 heavy (non-hydrogen) atoms. The van der Waals surface area contributed by atoms with E-state index in [9.17, 15) is 18.7 Å². The Balaban J connectivity index is 2.69. The van der Waals surface area contributed by atoms with Gasteiger partial charge in [0.25, 0.3) is 0 Å². The van der Waals surface area contributed by atoms with E-state index < -0.39 is 23.4 Å². The smallest absolute Gasteiger partial charge is 0.332 e. The first-order chi connectivity index (χ1) is 11.4. The fraction of sp³-hybridized carbons (Fsp3) is 0.125. The minimum atomic E-state index is -1.21. The molecule has 2 rings (SSSR count). The molecule has 0 heterocycles. The van der Waals surface area contributed by atoms with E-state index in [0.717, 1.165) is 13.0 Å². The number of ether oxygens (including phenoxy) is 1. The van der Waals surface area contributed by atoms with Gasteiger partial charge in [-0.15, -0.1) is 0 Å². The Labute approximate surface area is 141 Å². The number of phenolic OH excluding ortho intramolecular Hbond substituents is 1. The van der Waals surface area contributed by atoms with Gasteiger partial charge in [0.1, 0.15) is 22.2 Å². The van der Waals surface area contributed by atoms with Crippen molar-refractivity contribution in [1.29, 1.82) is 0 Å². The molecule has 0 spiro atoms. The summed E-state index contributed by atoms with van der Waals surface area (Å²) in [5.41, 5.74) is -0.677. The molecule has 0 aliphatic heterocycles. The molecule has 8 heteroatoms. The minimum Gasteiger partial charge on any atom is -0.506 e. The predicted molar refractivity (Wildman–Crippen MR) is 83.4 cm³/mol. The first kappa shape index (κ1) is 17.7. The van der Waals surface area contributed by atoms with Gasteiger partial charge in [0.15, 0.2) is 11.6 Å². The summed E-state index contributed by atoms with van der Waals surface area (Å²) in [6, 6.07) is 6.12. The molecule has 2 aromatic rings. The van der Waals surface area contributed by atoms with Crippen molar-refractivity contribution < 1.29 is 28.3 Å². The average molecular weight is 356 g/mol. The van der Waals surface area contributed by atoms with Gasteiger partial charge < -0.3 is 14.7 Å². The molecule has 1 N–H and O–H groups in total. The zero-order valence-electron chi connectivity index (χ0n) is 12.6. The predicted octanol–water partition coefficient (Wildman–Crippen LogP) is 3.65.